The maximum Gasteiger partial charge on any atom is 0.219 e. The summed E-state index contributed by atoms with van der Waals surface area (Å²) in [5.41, 5.74) is 2.33. The molecular weight excluding hydrogens is 282 g/mol. The molecule has 1 aromatic rings. The van der Waals surface area contributed by atoms with E-state index < -0.39 is 0 Å². The van der Waals surface area contributed by atoms with Gasteiger partial charge in [0.25, 0.3) is 0 Å². The molecule has 1 fully saturated rings. The van der Waals surface area contributed by atoms with Crippen LogP contribution in [-0.2, 0) is 4.79 Å². The quantitative estimate of drug-likeness (QED) is 0.852. The summed E-state index contributed by atoms with van der Waals surface area (Å²) in [5.74, 6) is 0.670. The maximum absolute atomic E-state index is 11.3. The van der Waals surface area contributed by atoms with Crippen LogP contribution in [0.15, 0.2) is 24.3 Å². The number of hydrogen-bond acceptors (Lipinski definition) is 2. The molecule has 1 aromatic carbocycles. The number of anilines is 1. The zero-order valence-electron chi connectivity index (χ0n) is 12.9. The molecule has 0 aliphatic carbocycles. The molecule has 21 heavy (non-hydrogen) atoms. The van der Waals surface area contributed by atoms with Gasteiger partial charge in [0.1, 0.15) is 0 Å². The minimum atomic E-state index is 0.137. The highest BCUT2D eigenvalue weighted by Crippen LogP contribution is 2.17. The summed E-state index contributed by atoms with van der Waals surface area (Å²) in [4.78, 5) is 15.3. The highest BCUT2D eigenvalue weighted by molar-refractivity contribution is 7.80. The minimum Gasteiger partial charge on any atom is -0.345 e. The van der Waals surface area contributed by atoms with Gasteiger partial charge in [-0.3, -0.25) is 4.79 Å². The van der Waals surface area contributed by atoms with Crippen LogP contribution in [0.2, 0.25) is 0 Å². The Kier molecular flexibility index (Phi) is 5.17. The third-order valence-electron chi connectivity index (χ3n) is 3.84. The van der Waals surface area contributed by atoms with Gasteiger partial charge in [-0.15, -0.1) is 0 Å². The second-order valence-corrected chi connectivity index (χ2v) is 6.09. The molecular formula is C16H23N3OS. The fourth-order valence-corrected chi connectivity index (χ4v) is 2.68. The van der Waals surface area contributed by atoms with E-state index in [4.69, 9.17) is 12.2 Å². The summed E-state index contributed by atoms with van der Waals surface area (Å²) in [6, 6.07) is 8.38. The topological polar surface area (TPSA) is 35.6 Å². The SMILES string of the molecule is CC(=O)N1CCN(C(=S)Nc2ccc(C(C)C)cc2)CC1. The van der Waals surface area contributed by atoms with Crippen molar-refractivity contribution in [2.24, 2.45) is 0 Å². The van der Waals surface area contributed by atoms with Crippen LogP contribution in [-0.4, -0.2) is 47.0 Å². The monoisotopic (exact) mass is 305 g/mol. The fourth-order valence-electron chi connectivity index (χ4n) is 2.38. The second-order valence-electron chi connectivity index (χ2n) is 5.70. The van der Waals surface area contributed by atoms with E-state index in [0.717, 1.165) is 37.0 Å². The van der Waals surface area contributed by atoms with Crippen molar-refractivity contribution in [1.29, 1.82) is 0 Å². The van der Waals surface area contributed by atoms with Gasteiger partial charge < -0.3 is 15.1 Å². The van der Waals surface area contributed by atoms with Crippen LogP contribution in [0.1, 0.15) is 32.3 Å². The van der Waals surface area contributed by atoms with E-state index in [2.05, 4.69) is 48.3 Å². The predicted octanol–water partition coefficient (Wildman–Crippen LogP) is 2.67. The van der Waals surface area contributed by atoms with E-state index in [0.29, 0.717) is 5.92 Å². The lowest BCUT2D eigenvalue weighted by Gasteiger charge is -2.35. The highest BCUT2D eigenvalue weighted by Gasteiger charge is 2.20. The van der Waals surface area contributed by atoms with Crippen LogP contribution in [0.5, 0.6) is 0 Å². The van der Waals surface area contributed by atoms with Gasteiger partial charge >= 0.3 is 0 Å². The van der Waals surface area contributed by atoms with E-state index in [1.165, 1.54) is 5.56 Å². The van der Waals surface area contributed by atoms with Gasteiger partial charge in [-0.25, -0.2) is 0 Å². The van der Waals surface area contributed by atoms with Gasteiger partial charge in [0.2, 0.25) is 5.91 Å². The van der Waals surface area contributed by atoms with Gasteiger partial charge in [0.05, 0.1) is 0 Å². The predicted molar refractivity (Wildman–Crippen MR) is 90.6 cm³/mol. The lowest BCUT2D eigenvalue weighted by Crippen LogP contribution is -2.51. The van der Waals surface area contributed by atoms with Crippen LogP contribution >= 0.6 is 12.2 Å². The van der Waals surface area contributed by atoms with Crippen molar-refractivity contribution < 1.29 is 4.79 Å². The number of nitrogens with one attached hydrogen (secondary N) is 1. The molecule has 1 amide bonds. The van der Waals surface area contributed by atoms with Crippen molar-refractivity contribution in [3.63, 3.8) is 0 Å². The third-order valence-corrected chi connectivity index (χ3v) is 4.20. The molecule has 0 atom stereocenters. The van der Waals surface area contributed by atoms with E-state index in [-0.39, 0.29) is 5.91 Å². The van der Waals surface area contributed by atoms with Crippen LogP contribution < -0.4 is 5.32 Å². The van der Waals surface area contributed by atoms with Crippen molar-refractivity contribution >= 4 is 28.9 Å². The molecule has 4 nitrogen and oxygen atoms in total. The summed E-state index contributed by atoms with van der Waals surface area (Å²) in [5, 5.41) is 4.01. The number of thiocarbonyl (C=S) groups is 1. The molecule has 1 aliphatic rings. The number of piperazine rings is 1. The smallest absolute Gasteiger partial charge is 0.219 e. The van der Waals surface area contributed by atoms with Gasteiger partial charge in [0.15, 0.2) is 5.11 Å². The normalized spacial score (nSPS) is 15.2. The van der Waals surface area contributed by atoms with Crippen molar-refractivity contribution in [3.8, 4) is 0 Å². The molecule has 0 spiro atoms. The summed E-state index contributed by atoms with van der Waals surface area (Å²) < 4.78 is 0. The van der Waals surface area contributed by atoms with Gasteiger partial charge in [-0.2, -0.15) is 0 Å². The number of carbonyl (C=O) groups is 1. The van der Waals surface area contributed by atoms with Crippen LogP contribution in [0.4, 0.5) is 5.69 Å². The first-order valence-electron chi connectivity index (χ1n) is 7.39. The Morgan fingerprint density at radius 3 is 2.10 bits per heavy atom. The Hall–Kier alpha value is -1.62. The molecule has 1 heterocycles. The molecule has 0 radical (unpaired) electrons. The van der Waals surface area contributed by atoms with E-state index in [1.54, 1.807) is 6.92 Å². The summed E-state index contributed by atoms with van der Waals surface area (Å²) in [6.45, 7) is 9.03. The molecule has 5 heteroatoms. The standard InChI is InChI=1S/C16H23N3OS/c1-12(2)14-4-6-15(7-5-14)17-16(21)19-10-8-18(9-11-19)13(3)20/h4-7,12H,8-11H2,1-3H3,(H,17,21). The Bertz CT molecular complexity index is 505. The summed E-state index contributed by atoms with van der Waals surface area (Å²) in [7, 11) is 0. The van der Waals surface area contributed by atoms with Gasteiger partial charge in [-0.1, -0.05) is 26.0 Å². The minimum absolute atomic E-state index is 0.137. The molecule has 0 unspecified atom stereocenters. The Labute approximate surface area is 132 Å². The Morgan fingerprint density at radius 1 is 1.10 bits per heavy atom. The summed E-state index contributed by atoms with van der Waals surface area (Å²) in [6.07, 6.45) is 0. The Balaban J connectivity index is 1.88. The van der Waals surface area contributed by atoms with Crippen molar-refractivity contribution in [1.82, 2.24) is 9.80 Å². The van der Waals surface area contributed by atoms with E-state index >= 15 is 0 Å². The number of hydrogen-bond donors (Lipinski definition) is 1. The van der Waals surface area contributed by atoms with Gasteiger partial charge in [0, 0.05) is 38.8 Å². The molecule has 1 saturated heterocycles. The van der Waals surface area contributed by atoms with Crippen molar-refractivity contribution in [3.05, 3.63) is 29.8 Å². The number of nitrogens with zero attached hydrogens (tertiary/aromatic N) is 2. The second kappa shape index (κ2) is 6.89. The first-order valence-corrected chi connectivity index (χ1v) is 7.79. The Morgan fingerprint density at radius 2 is 1.62 bits per heavy atom. The molecule has 0 bridgehead atoms. The lowest BCUT2D eigenvalue weighted by molar-refractivity contribution is -0.130. The summed E-state index contributed by atoms with van der Waals surface area (Å²) >= 11 is 5.46. The molecule has 1 aliphatic heterocycles. The first kappa shape index (κ1) is 15.8. The van der Waals surface area contributed by atoms with Crippen LogP contribution in [0.3, 0.4) is 0 Å². The fraction of sp³-hybridized carbons (Fsp3) is 0.500. The van der Waals surface area contributed by atoms with Gasteiger partial charge in [-0.05, 0) is 35.8 Å². The average molecular weight is 305 g/mol. The first-order chi connectivity index (χ1) is 9.97. The largest absolute Gasteiger partial charge is 0.345 e. The molecule has 114 valence electrons. The molecule has 0 aromatic heterocycles. The molecule has 2 rings (SSSR count). The number of amides is 1. The van der Waals surface area contributed by atoms with E-state index in [9.17, 15) is 4.79 Å². The maximum atomic E-state index is 11.3. The zero-order valence-corrected chi connectivity index (χ0v) is 13.7. The third kappa shape index (κ3) is 4.17. The number of benzene rings is 1. The zero-order chi connectivity index (χ0) is 15.4. The van der Waals surface area contributed by atoms with Crippen molar-refractivity contribution in [2.45, 2.75) is 26.7 Å². The molecule has 1 N–H and O–H groups in total. The van der Waals surface area contributed by atoms with E-state index in [1.807, 2.05) is 4.90 Å². The lowest BCUT2D eigenvalue weighted by atomic mass is 10.0. The van der Waals surface area contributed by atoms with Crippen molar-refractivity contribution in [2.75, 3.05) is 31.5 Å². The number of rotatable bonds is 2. The number of carbonyl (C=O) groups excluding carboxylic acids is 1. The average Bonchev–Trinajstić information content (AvgIpc) is 2.47. The van der Waals surface area contributed by atoms with Crippen LogP contribution in [0.25, 0.3) is 0 Å². The van der Waals surface area contributed by atoms with Crippen LogP contribution in [0, 0.1) is 0 Å². The molecule has 0 saturated carbocycles. The highest BCUT2D eigenvalue weighted by atomic mass is 32.1.